The molecule has 0 aliphatic carbocycles. The molecule has 3 rings (SSSR count). The molecule has 2 amide bonds. The number of aliphatic carboxylic acids is 1. The summed E-state index contributed by atoms with van der Waals surface area (Å²) in [6.07, 6.45) is 0.548. The van der Waals surface area contributed by atoms with E-state index in [1.165, 1.54) is 21.6 Å². The lowest BCUT2D eigenvalue weighted by Crippen LogP contribution is -2.55. The first-order chi connectivity index (χ1) is 11.0. The monoisotopic (exact) mass is 332 g/mol. The molecule has 0 radical (unpaired) electrons. The number of β-lactam (4-membered cyclic amide) rings is 1. The van der Waals surface area contributed by atoms with Gasteiger partial charge in [0.15, 0.2) is 5.70 Å². The van der Waals surface area contributed by atoms with Gasteiger partial charge in [0, 0.05) is 12.8 Å². The van der Waals surface area contributed by atoms with E-state index < -0.39 is 5.97 Å². The predicted molar refractivity (Wildman–Crippen MR) is 85.3 cm³/mol. The molecule has 1 N–H and O–H groups in total. The van der Waals surface area contributed by atoms with Gasteiger partial charge in [0.1, 0.15) is 0 Å². The van der Waals surface area contributed by atoms with Crippen molar-refractivity contribution in [1.29, 1.82) is 0 Å². The first kappa shape index (κ1) is 15.6. The Hall–Kier alpha value is -2.28. The third-order valence-corrected chi connectivity index (χ3v) is 5.21. The van der Waals surface area contributed by atoms with Crippen LogP contribution in [-0.4, -0.2) is 50.9 Å². The molecule has 7 heteroatoms. The Morgan fingerprint density at radius 3 is 2.65 bits per heavy atom. The summed E-state index contributed by atoms with van der Waals surface area (Å²) in [5.41, 5.74) is 1.19. The Balaban J connectivity index is 1.85. The molecule has 2 heterocycles. The van der Waals surface area contributed by atoms with Crippen LogP contribution < -0.4 is 0 Å². The quantitative estimate of drug-likeness (QED) is 0.841. The van der Waals surface area contributed by atoms with Gasteiger partial charge >= 0.3 is 5.97 Å². The fraction of sp³-hybridized carbons (Fsp3) is 0.312. The van der Waals surface area contributed by atoms with Crippen molar-refractivity contribution in [2.45, 2.75) is 18.2 Å². The molecule has 0 bridgehead atoms. The SMILES string of the molecule is CN(C(=O)Cc1ccccc1)C1=C(C(=O)O)N2C(=O)CC2SC1. The van der Waals surface area contributed by atoms with Crippen molar-refractivity contribution < 1.29 is 19.5 Å². The summed E-state index contributed by atoms with van der Waals surface area (Å²) in [7, 11) is 1.56. The van der Waals surface area contributed by atoms with Gasteiger partial charge < -0.3 is 10.0 Å². The minimum absolute atomic E-state index is 0.0612. The number of benzene rings is 1. The fourth-order valence-corrected chi connectivity index (χ4v) is 4.01. The van der Waals surface area contributed by atoms with E-state index in [9.17, 15) is 19.5 Å². The van der Waals surface area contributed by atoms with Crippen molar-refractivity contribution in [1.82, 2.24) is 9.80 Å². The average molecular weight is 332 g/mol. The molecule has 0 saturated carbocycles. The van der Waals surface area contributed by atoms with E-state index in [2.05, 4.69) is 0 Å². The third kappa shape index (κ3) is 2.84. The Bertz CT molecular complexity index is 701. The van der Waals surface area contributed by atoms with Crippen LogP contribution in [0, 0.1) is 0 Å². The van der Waals surface area contributed by atoms with Crippen LogP contribution in [0.15, 0.2) is 41.7 Å². The molecule has 1 fully saturated rings. The van der Waals surface area contributed by atoms with Crippen molar-refractivity contribution in [2.24, 2.45) is 0 Å². The number of hydrogen-bond donors (Lipinski definition) is 1. The van der Waals surface area contributed by atoms with E-state index in [0.29, 0.717) is 17.9 Å². The maximum atomic E-state index is 12.5. The van der Waals surface area contributed by atoms with Crippen LogP contribution in [0.1, 0.15) is 12.0 Å². The Kier molecular flexibility index (Phi) is 4.12. The predicted octanol–water partition coefficient (Wildman–Crippen LogP) is 1.29. The van der Waals surface area contributed by atoms with E-state index in [1.54, 1.807) is 7.05 Å². The van der Waals surface area contributed by atoms with Crippen molar-refractivity contribution in [3.05, 3.63) is 47.3 Å². The van der Waals surface area contributed by atoms with Gasteiger partial charge in [-0.05, 0) is 5.56 Å². The molecule has 2 aliphatic rings. The van der Waals surface area contributed by atoms with E-state index in [0.717, 1.165) is 5.56 Å². The first-order valence-corrected chi connectivity index (χ1v) is 8.24. The van der Waals surface area contributed by atoms with Crippen LogP contribution >= 0.6 is 11.8 Å². The van der Waals surface area contributed by atoms with E-state index >= 15 is 0 Å². The normalized spacial score (nSPS) is 20.0. The van der Waals surface area contributed by atoms with E-state index in [1.807, 2.05) is 30.3 Å². The highest BCUT2D eigenvalue weighted by atomic mass is 32.2. The number of fused-ring (bicyclic) bond motifs is 1. The number of carbonyl (C=O) groups is 3. The Morgan fingerprint density at radius 1 is 1.35 bits per heavy atom. The van der Waals surface area contributed by atoms with Gasteiger partial charge in [-0.2, -0.15) is 0 Å². The molecule has 1 unspecified atom stereocenters. The fourth-order valence-electron chi connectivity index (χ4n) is 2.69. The lowest BCUT2D eigenvalue weighted by molar-refractivity contribution is -0.146. The lowest BCUT2D eigenvalue weighted by atomic mass is 10.1. The van der Waals surface area contributed by atoms with Gasteiger partial charge in [-0.25, -0.2) is 4.79 Å². The maximum absolute atomic E-state index is 12.5. The topological polar surface area (TPSA) is 77.9 Å². The third-order valence-electron chi connectivity index (χ3n) is 4.01. The largest absolute Gasteiger partial charge is 0.477 e. The number of rotatable bonds is 4. The van der Waals surface area contributed by atoms with E-state index in [-0.39, 0.29) is 29.3 Å². The molecular weight excluding hydrogens is 316 g/mol. The highest BCUT2D eigenvalue weighted by molar-refractivity contribution is 8.00. The zero-order valence-electron chi connectivity index (χ0n) is 12.6. The van der Waals surface area contributed by atoms with Crippen LogP contribution in [0.5, 0.6) is 0 Å². The minimum Gasteiger partial charge on any atom is -0.477 e. The Labute approximate surface area is 137 Å². The zero-order valence-corrected chi connectivity index (χ0v) is 13.4. The summed E-state index contributed by atoms with van der Waals surface area (Å²) in [4.78, 5) is 38.4. The number of carbonyl (C=O) groups excluding carboxylic acids is 2. The number of nitrogens with zero attached hydrogens (tertiary/aromatic N) is 2. The van der Waals surface area contributed by atoms with Crippen LogP contribution in [0.4, 0.5) is 0 Å². The number of carboxylic acid groups (broad SMARTS) is 1. The van der Waals surface area contributed by atoms with Crippen molar-refractivity contribution in [3.63, 3.8) is 0 Å². The number of amides is 2. The average Bonchev–Trinajstić information content (AvgIpc) is 2.53. The number of thioether (sulfide) groups is 1. The van der Waals surface area contributed by atoms with Crippen LogP contribution in [0.2, 0.25) is 0 Å². The second-order valence-corrected chi connectivity index (χ2v) is 6.62. The van der Waals surface area contributed by atoms with Gasteiger partial charge in [-0.15, -0.1) is 11.8 Å². The van der Waals surface area contributed by atoms with Crippen molar-refractivity contribution in [2.75, 3.05) is 12.8 Å². The highest BCUT2D eigenvalue weighted by Crippen LogP contribution is 2.40. The highest BCUT2D eigenvalue weighted by Gasteiger charge is 2.46. The standard InChI is InChI=1S/C16H16N2O4S/c1-17(12(19)7-10-5-3-2-4-6-10)11-9-23-14-8-13(20)18(14)15(11)16(21)22/h2-6,14H,7-9H2,1H3,(H,21,22). The van der Waals surface area contributed by atoms with Gasteiger partial charge in [-0.1, -0.05) is 30.3 Å². The molecule has 0 spiro atoms. The van der Waals surface area contributed by atoms with Gasteiger partial charge in [0.2, 0.25) is 11.8 Å². The van der Waals surface area contributed by atoms with Gasteiger partial charge in [0.05, 0.1) is 23.9 Å². The first-order valence-electron chi connectivity index (χ1n) is 7.19. The number of hydrogen-bond acceptors (Lipinski definition) is 4. The van der Waals surface area contributed by atoms with Crippen LogP contribution in [0.3, 0.4) is 0 Å². The smallest absolute Gasteiger partial charge is 0.354 e. The molecule has 1 saturated heterocycles. The molecule has 120 valence electrons. The molecule has 1 atom stereocenters. The summed E-state index contributed by atoms with van der Waals surface area (Å²) in [5.74, 6) is -1.16. The molecule has 1 aromatic rings. The molecule has 0 aromatic heterocycles. The molecule has 2 aliphatic heterocycles. The van der Waals surface area contributed by atoms with Crippen LogP contribution in [-0.2, 0) is 20.8 Å². The summed E-state index contributed by atoms with van der Waals surface area (Å²) in [5, 5.41) is 9.35. The molecule has 6 nitrogen and oxygen atoms in total. The van der Waals surface area contributed by atoms with Gasteiger partial charge in [0.25, 0.3) is 0 Å². The lowest BCUT2D eigenvalue weighted by Gasteiger charge is -2.45. The van der Waals surface area contributed by atoms with Gasteiger partial charge in [-0.3, -0.25) is 14.5 Å². The second-order valence-electron chi connectivity index (χ2n) is 5.45. The summed E-state index contributed by atoms with van der Waals surface area (Å²) >= 11 is 1.49. The zero-order chi connectivity index (χ0) is 16.6. The summed E-state index contributed by atoms with van der Waals surface area (Å²) < 4.78 is 0. The number of carboxylic acids is 1. The van der Waals surface area contributed by atoms with Crippen molar-refractivity contribution in [3.8, 4) is 0 Å². The number of likely N-dealkylation sites (N-methyl/N-ethyl adjacent to an activating group) is 1. The second kappa shape index (κ2) is 6.08. The van der Waals surface area contributed by atoms with Crippen LogP contribution in [0.25, 0.3) is 0 Å². The molecule has 1 aromatic carbocycles. The van der Waals surface area contributed by atoms with E-state index in [4.69, 9.17) is 0 Å². The molecular formula is C16H16N2O4S. The maximum Gasteiger partial charge on any atom is 0.354 e. The minimum atomic E-state index is -1.17. The molecule has 23 heavy (non-hydrogen) atoms. The summed E-state index contributed by atoms with van der Waals surface area (Å²) in [6.45, 7) is 0. The van der Waals surface area contributed by atoms with Crippen molar-refractivity contribution >= 4 is 29.5 Å². The Morgan fingerprint density at radius 2 is 2.04 bits per heavy atom. The summed E-state index contributed by atoms with van der Waals surface area (Å²) in [6, 6.07) is 9.27.